The normalized spacial score (nSPS) is 8.88. The molecule has 0 aliphatic heterocycles. The van der Waals surface area contributed by atoms with E-state index in [-0.39, 0.29) is 5.75 Å². The molecular formula is C14H8N2O. The third-order valence-electron chi connectivity index (χ3n) is 2.07. The van der Waals surface area contributed by atoms with Gasteiger partial charge in [0.2, 0.25) is 0 Å². The largest absolute Gasteiger partial charge is 0.506 e. The Morgan fingerprint density at radius 3 is 2.53 bits per heavy atom. The zero-order valence-corrected chi connectivity index (χ0v) is 8.88. The molecule has 0 atom stereocenters. The number of pyridine rings is 1. The first-order chi connectivity index (χ1) is 8.28. The Labute approximate surface area is 99.0 Å². The molecule has 0 amide bonds. The van der Waals surface area contributed by atoms with E-state index in [0.29, 0.717) is 11.1 Å². The SMILES string of the molecule is N#Cc1cccc(C#Cc2cncc(O)c2)c1. The molecule has 0 fully saturated rings. The third-order valence-corrected chi connectivity index (χ3v) is 2.07. The first kappa shape index (κ1) is 10.7. The van der Waals surface area contributed by atoms with Gasteiger partial charge in [-0.1, -0.05) is 17.9 Å². The smallest absolute Gasteiger partial charge is 0.135 e. The minimum Gasteiger partial charge on any atom is -0.506 e. The van der Waals surface area contributed by atoms with Gasteiger partial charge in [-0.25, -0.2) is 0 Å². The molecule has 0 bridgehead atoms. The predicted octanol–water partition coefficient (Wildman–Crippen LogP) is 2.06. The van der Waals surface area contributed by atoms with Gasteiger partial charge >= 0.3 is 0 Å². The lowest BCUT2D eigenvalue weighted by Gasteiger charge is -1.92. The van der Waals surface area contributed by atoms with Gasteiger partial charge in [-0.05, 0) is 24.3 Å². The Morgan fingerprint density at radius 2 is 1.76 bits per heavy atom. The van der Waals surface area contributed by atoms with Crippen molar-refractivity contribution in [2.24, 2.45) is 0 Å². The molecule has 3 heteroatoms. The van der Waals surface area contributed by atoms with E-state index in [1.165, 1.54) is 12.3 Å². The van der Waals surface area contributed by atoms with Gasteiger partial charge in [0, 0.05) is 17.3 Å². The average Bonchev–Trinajstić information content (AvgIpc) is 2.37. The van der Waals surface area contributed by atoms with E-state index in [9.17, 15) is 5.11 Å². The fraction of sp³-hybridized carbons (Fsp3) is 0. The highest BCUT2D eigenvalue weighted by molar-refractivity contribution is 5.46. The lowest BCUT2D eigenvalue weighted by Crippen LogP contribution is -1.80. The summed E-state index contributed by atoms with van der Waals surface area (Å²) >= 11 is 0. The number of nitrogens with zero attached hydrogens (tertiary/aromatic N) is 2. The second kappa shape index (κ2) is 4.83. The molecule has 0 spiro atoms. The summed E-state index contributed by atoms with van der Waals surface area (Å²) < 4.78 is 0. The molecule has 2 aromatic rings. The fourth-order valence-electron chi connectivity index (χ4n) is 1.31. The monoisotopic (exact) mass is 220 g/mol. The summed E-state index contributed by atoms with van der Waals surface area (Å²) in [5.41, 5.74) is 1.96. The molecule has 0 saturated heterocycles. The van der Waals surface area contributed by atoms with Crippen molar-refractivity contribution in [3.63, 3.8) is 0 Å². The number of nitriles is 1. The van der Waals surface area contributed by atoms with Gasteiger partial charge in [-0.15, -0.1) is 0 Å². The number of hydrogen-bond donors (Lipinski definition) is 1. The van der Waals surface area contributed by atoms with E-state index in [1.807, 2.05) is 6.07 Å². The van der Waals surface area contributed by atoms with Crippen LogP contribution in [0.3, 0.4) is 0 Å². The lowest BCUT2D eigenvalue weighted by atomic mass is 10.1. The fourth-order valence-corrected chi connectivity index (χ4v) is 1.31. The predicted molar refractivity (Wildman–Crippen MR) is 63.0 cm³/mol. The maximum absolute atomic E-state index is 9.22. The van der Waals surface area contributed by atoms with E-state index < -0.39 is 0 Å². The first-order valence-corrected chi connectivity index (χ1v) is 4.94. The Bertz CT molecular complexity index is 645. The van der Waals surface area contributed by atoms with Gasteiger partial charge in [0.1, 0.15) is 5.75 Å². The first-order valence-electron chi connectivity index (χ1n) is 4.94. The van der Waals surface area contributed by atoms with Gasteiger partial charge in [0.25, 0.3) is 0 Å². The molecule has 0 radical (unpaired) electrons. The van der Waals surface area contributed by atoms with Crippen LogP contribution in [0.15, 0.2) is 42.7 Å². The quantitative estimate of drug-likeness (QED) is 0.691. The van der Waals surface area contributed by atoms with E-state index in [0.717, 1.165) is 5.56 Å². The topological polar surface area (TPSA) is 56.9 Å². The molecule has 17 heavy (non-hydrogen) atoms. The van der Waals surface area contributed by atoms with Crippen LogP contribution in [0.2, 0.25) is 0 Å². The molecule has 0 saturated carbocycles. The molecule has 2 rings (SSSR count). The molecule has 1 aromatic carbocycles. The van der Waals surface area contributed by atoms with Gasteiger partial charge in [-0.3, -0.25) is 4.98 Å². The van der Waals surface area contributed by atoms with Crippen molar-refractivity contribution < 1.29 is 5.11 Å². The molecule has 3 nitrogen and oxygen atoms in total. The second-order valence-electron chi connectivity index (χ2n) is 3.37. The van der Waals surface area contributed by atoms with Crippen molar-refractivity contribution in [3.8, 4) is 23.7 Å². The number of hydrogen-bond acceptors (Lipinski definition) is 3. The van der Waals surface area contributed by atoms with Gasteiger partial charge in [0.05, 0.1) is 17.8 Å². The van der Waals surface area contributed by atoms with Crippen LogP contribution in [0.1, 0.15) is 16.7 Å². The van der Waals surface area contributed by atoms with Crippen LogP contribution < -0.4 is 0 Å². The zero-order valence-electron chi connectivity index (χ0n) is 8.88. The minimum atomic E-state index is 0.0857. The van der Waals surface area contributed by atoms with E-state index in [2.05, 4.69) is 22.9 Å². The van der Waals surface area contributed by atoms with Crippen LogP contribution >= 0.6 is 0 Å². The molecular weight excluding hydrogens is 212 g/mol. The third kappa shape index (κ3) is 2.84. The molecule has 80 valence electrons. The van der Waals surface area contributed by atoms with Crippen LogP contribution in [-0.4, -0.2) is 10.1 Å². The van der Waals surface area contributed by atoms with Gasteiger partial charge in [0.15, 0.2) is 0 Å². The van der Waals surface area contributed by atoms with E-state index in [4.69, 9.17) is 5.26 Å². The highest BCUT2D eigenvalue weighted by Crippen LogP contribution is 2.07. The molecule has 0 unspecified atom stereocenters. The number of rotatable bonds is 0. The average molecular weight is 220 g/mol. The molecule has 1 aromatic heterocycles. The van der Waals surface area contributed by atoms with Crippen LogP contribution in [0.5, 0.6) is 5.75 Å². The molecule has 1 N–H and O–H groups in total. The van der Waals surface area contributed by atoms with E-state index >= 15 is 0 Å². The molecule has 0 aliphatic carbocycles. The number of aromatic nitrogens is 1. The Balaban J connectivity index is 2.30. The summed E-state index contributed by atoms with van der Waals surface area (Å²) in [7, 11) is 0. The number of benzene rings is 1. The summed E-state index contributed by atoms with van der Waals surface area (Å²) in [5, 5.41) is 18.0. The van der Waals surface area contributed by atoms with Crippen molar-refractivity contribution in [2.75, 3.05) is 0 Å². The standard InChI is InChI=1S/C14H8N2O/c15-8-12-3-1-2-11(6-12)4-5-13-7-14(17)10-16-9-13/h1-3,6-7,9-10,17H. The Kier molecular flexibility index (Phi) is 3.05. The van der Waals surface area contributed by atoms with Crippen LogP contribution in [0.25, 0.3) is 0 Å². The van der Waals surface area contributed by atoms with Crippen molar-refractivity contribution >= 4 is 0 Å². The molecule has 1 heterocycles. The van der Waals surface area contributed by atoms with Crippen molar-refractivity contribution in [1.82, 2.24) is 4.98 Å². The molecule has 0 aliphatic rings. The minimum absolute atomic E-state index is 0.0857. The van der Waals surface area contributed by atoms with Crippen LogP contribution in [-0.2, 0) is 0 Å². The zero-order chi connectivity index (χ0) is 12.1. The Morgan fingerprint density at radius 1 is 1.00 bits per heavy atom. The maximum Gasteiger partial charge on any atom is 0.135 e. The Hall–Kier alpha value is -2.78. The highest BCUT2D eigenvalue weighted by atomic mass is 16.3. The maximum atomic E-state index is 9.22. The lowest BCUT2D eigenvalue weighted by molar-refractivity contribution is 0.472. The highest BCUT2D eigenvalue weighted by Gasteiger charge is 1.92. The summed E-state index contributed by atoms with van der Waals surface area (Å²) in [6.07, 6.45) is 2.92. The van der Waals surface area contributed by atoms with Gasteiger partial charge in [-0.2, -0.15) is 5.26 Å². The van der Waals surface area contributed by atoms with Crippen molar-refractivity contribution in [2.45, 2.75) is 0 Å². The summed E-state index contributed by atoms with van der Waals surface area (Å²) in [6, 6.07) is 10.6. The van der Waals surface area contributed by atoms with Crippen LogP contribution in [0, 0.1) is 23.2 Å². The van der Waals surface area contributed by atoms with Crippen molar-refractivity contribution in [3.05, 3.63) is 59.4 Å². The number of aromatic hydroxyl groups is 1. The summed E-state index contributed by atoms with van der Waals surface area (Å²) in [5.74, 6) is 5.87. The van der Waals surface area contributed by atoms with E-state index in [1.54, 1.807) is 24.4 Å². The second-order valence-corrected chi connectivity index (χ2v) is 3.37. The van der Waals surface area contributed by atoms with Crippen molar-refractivity contribution in [1.29, 1.82) is 5.26 Å². The summed E-state index contributed by atoms with van der Waals surface area (Å²) in [4.78, 5) is 3.83. The van der Waals surface area contributed by atoms with Crippen LogP contribution in [0.4, 0.5) is 0 Å². The summed E-state index contributed by atoms with van der Waals surface area (Å²) in [6.45, 7) is 0. The van der Waals surface area contributed by atoms with Gasteiger partial charge < -0.3 is 5.11 Å².